The standard InChI is InChI=1S/C21H25N3O5S/c1-23(2)18(15-5-10-19-20(12-15)29-14-28-19)13-22-30(26,27)17-8-6-16(7-9-17)24-11-3-4-21(24)25/h5-10,12,18,22H,3-4,11,13-14H2,1-2H3/t18-/m1/s1. The Morgan fingerprint density at radius 1 is 1.10 bits per heavy atom. The number of sulfonamides is 1. The molecule has 4 rings (SSSR count). The number of nitrogens with one attached hydrogen (secondary N) is 1. The van der Waals surface area contributed by atoms with Crippen molar-refractivity contribution in [2.45, 2.75) is 23.8 Å². The van der Waals surface area contributed by atoms with Crippen molar-refractivity contribution in [2.75, 3.05) is 38.9 Å². The summed E-state index contributed by atoms with van der Waals surface area (Å²) in [6, 6.07) is 11.9. The van der Waals surface area contributed by atoms with Crippen molar-refractivity contribution in [3.05, 3.63) is 48.0 Å². The zero-order valence-electron chi connectivity index (χ0n) is 17.0. The van der Waals surface area contributed by atoms with E-state index in [4.69, 9.17) is 9.47 Å². The van der Waals surface area contributed by atoms with Crippen LogP contribution in [-0.2, 0) is 14.8 Å². The number of hydrogen-bond acceptors (Lipinski definition) is 6. The molecule has 9 heteroatoms. The van der Waals surface area contributed by atoms with E-state index in [1.54, 1.807) is 17.0 Å². The van der Waals surface area contributed by atoms with Crippen LogP contribution < -0.4 is 19.1 Å². The van der Waals surface area contributed by atoms with Gasteiger partial charge in [0.1, 0.15) is 0 Å². The fraction of sp³-hybridized carbons (Fsp3) is 0.381. The van der Waals surface area contributed by atoms with Crippen molar-refractivity contribution in [1.29, 1.82) is 0 Å². The first-order valence-electron chi connectivity index (χ1n) is 9.81. The molecule has 0 bridgehead atoms. The van der Waals surface area contributed by atoms with Crippen LogP contribution in [0, 0.1) is 0 Å². The molecule has 2 aromatic carbocycles. The number of likely N-dealkylation sites (N-methyl/N-ethyl adjacent to an activating group) is 1. The van der Waals surface area contributed by atoms with E-state index in [0.717, 1.165) is 17.7 Å². The lowest BCUT2D eigenvalue weighted by Gasteiger charge is -2.25. The molecule has 2 aliphatic rings. The zero-order valence-corrected chi connectivity index (χ0v) is 17.8. The summed E-state index contributed by atoms with van der Waals surface area (Å²) in [5.41, 5.74) is 1.65. The van der Waals surface area contributed by atoms with Crippen LogP contribution in [0.4, 0.5) is 5.69 Å². The van der Waals surface area contributed by atoms with E-state index in [2.05, 4.69) is 4.72 Å². The second kappa shape index (κ2) is 8.25. The molecule has 160 valence electrons. The van der Waals surface area contributed by atoms with E-state index >= 15 is 0 Å². The van der Waals surface area contributed by atoms with Gasteiger partial charge in [0, 0.05) is 31.2 Å². The highest BCUT2D eigenvalue weighted by atomic mass is 32.2. The molecule has 0 aromatic heterocycles. The molecular weight excluding hydrogens is 406 g/mol. The molecule has 0 saturated carbocycles. The number of rotatable bonds is 7. The van der Waals surface area contributed by atoms with Gasteiger partial charge in [-0.3, -0.25) is 4.79 Å². The van der Waals surface area contributed by atoms with Crippen molar-refractivity contribution in [3.63, 3.8) is 0 Å². The predicted octanol–water partition coefficient (Wildman–Crippen LogP) is 2.12. The first-order valence-corrected chi connectivity index (χ1v) is 11.3. The lowest BCUT2D eigenvalue weighted by atomic mass is 10.1. The van der Waals surface area contributed by atoms with Crippen molar-refractivity contribution in [2.24, 2.45) is 0 Å². The van der Waals surface area contributed by atoms with E-state index in [9.17, 15) is 13.2 Å². The van der Waals surface area contributed by atoms with E-state index < -0.39 is 10.0 Å². The third kappa shape index (κ3) is 4.14. The van der Waals surface area contributed by atoms with Gasteiger partial charge in [-0.25, -0.2) is 13.1 Å². The van der Waals surface area contributed by atoms with Gasteiger partial charge in [-0.15, -0.1) is 0 Å². The summed E-state index contributed by atoms with van der Waals surface area (Å²) in [5, 5.41) is 0. The van der Waals surface area contributed by atoms with Crippen LogP contribution in [0.3, 0.4) is 0 Å². The van der Waals surface area contributed by atoms with Crippen LogP contribution in [0.15, 0.2) is 47.4 Å². The average Bonchev–Trinajstić information content (AvgIpc) is 3.36. The molecule has 0 aliphatic carbocycles. The lowest BCUT2D eigenvalue weighted by Crippen LogP contribution is -2.34. The van der Waals surface area contributed by atoms with Crippen molar-refractivity contribution in [1.82, 2.24) is 9.62 Å². The van der Waals surface area contributed by atoms with Crippen LogP contribution >= 0.6 is 0 Å². The van der Waals surface area contributed by atoms with Gasteiger partial charge in [-0.1, -0.05) is 6.07 Å². The van der Waals surface area contributed by atoms with Crippen molar-refractivity contribution >= 4 is 21.6 Å². The first kappa shape index (κ1) is 20.6. The van der Waals surface area contributed by atoms with Crippen LogP contribution in [0.1, 0.15) is 24.4 Å². The topological polar surface area (TPSA) is 88.2 Å². The summed E-state index contributed by atoms with van der Waals surface area (Å²) in [7, 11) is 0.0903. The van der Waals surface area contributed by atoms with Crippen molar-refractivity contribution < 1.29 is 22.7 Å². The molecule has 0 unspecified atom stereocenters. The summed E-state index contributed by atoms with van der Waals surface area (Å²) in [5.74, 6) is 1.42. The summed E-state index contributed by atoms with van der Waals surface area (Å²) >= 11 is 0. The minimum Gasteiger partial charge on any atom is -0.454 e. The predicted molar refractivity (Wildman–Crippen MR) is 112 cm³/mol. The number of carbonyl (C=O) groups is 1. The highest BCUT2D eigenvalue weighted by molar-refractivity contribution is 7.89. The molecule has 2 aliphatic heterocycles. The highest BCUT2D eigenvalue weighted by Gasteiger charge is 2.24. The number of amides is 1. The molecule has 0 spiro atoms. The molecule has 1 N–H and O–H groups in total. The fourth-order valence-electron chi connectivity index (χ4n) is 3.72. The molecular formula is C21H25N3O5S. The van der Waals surface area contributed by atoms with Gasteiger partial charge < -0.3 is 19.3 Å². The molecule has 1 amide bonds. The molecule has 2 heterocycles. The average molecular weight is 432 g/mol. The van der Waals surface area contributed by atoms with Crippen molar-refractivity contribution in [3.8, 4) is 11.5 Å². The second-order valence-corrected chi connectivity index (χ2v) is 9.35. The minimum atomic E-state index is -3.70. The Balaban J connectivity index is 1.47. The van der Waals surface area contributed by atoms with Crippen LogP contribution in [0.2, 0.25) is 0 Å². The van der Waals surface area contributed by atoms with Gasteiger partial charge in [0.15, 0.2) is 11.5 Å². The molecule has 0 radical (unpaired) electrons. The molecule has 30 heavy (non-hydrogen) atoms. The SMILES string of the molecule is CN(C)[C@H](CNS(=O)(=O)c1ccc(N2CCCC2=O)cc1)c1ccc2c(c1)OCO2. The van der Waals surface area contributed by atoms with Gasteiger partial charge in [-0.2, -0.15) is 0 Å². The third-order valence-corrected chi connectivity index (χ3v) is 6.84. The van der Waals surface area contributed by atoms with Gasteiger partial charge in [0.25, 0.3) is 0 Å². The second-order valence-electron chi connectivity index (χ2n) is 7.59. The molecule has 1 atom stereocenters. The largest absolute Gasteiger partial charge is 0.454 e. The maximum atomic E-state index is 12.8. The number of ether oxygens (including phenoxy) is 2. The highest BCUT2D eigenvalue weighted by Crippen LogP contribution is 2.35. The normalized spacial score (nSPS) is 17.0. The minimum absolute atomic E-state index is 0.0706. The van der Waals surface area contributed by atoms with E-state index in [-0.39, 0.29) is 30.2 Å². The third-order valence-electron chi connectivity index (χ3n) is 5.40. The van der Waals surface area contributed by atoms with Gasteiger partial charge in [0.2, 0.25) is 22.7 Å². The smallest absolute Gasteiger partial charge is 0.240 e. The number of carbonyl (C=O) groups excluding carboxylic acids is 1. The summed E-state index contributed by atoms with van der Waals surface area (Å²) < 4.78 is 39.1. The van der Waals surface area contributed by atoms with E-state index in [1.807, 2.05) is 37.2 Å². The summed E-state index contributed by atoms with van der Waals surface area (Å²) in [6.07, 6.45) is 1.36. The van der Waals surface area contributed by atoms with E-state index in [1.165, 1.54) is 12.1 Å². The summed E-state index contributed by atoms with van der Waals surface area (Å²) in [6.45, 7) is 1.06. The quantitative estimate of drug-likeness (QED) is 0.723. The van der Waals surface area contributed by atoms with Crippen LogP contribution in [-0.4, -0.2) is 53.2 Å². The number of benzene rings is 2. The Labute approximate surface area is 176 Å². The Bertz CT molecular complexity index is 1040. The number of hydrogen-bond donors (Lipinski definition) is 1. The van der Waals surface area contributed by atoms with Gasteiger partial charge in [-0.05, 0) is 62.5 Å². The number of fused-ring (bicyclic) bond motifs is 1. The Morgan fingerprint density at radius 3 is 2.50 bits per heavy atom. The lowest BCUT2D eigenvalue weighted by molar-refractivity contribution is -0.117. The Kier molecular flexibility index (Phi) is 5.68. The van der Waals surface area contributed by atoms with Crippen LogP contribution in [0.5, 0.6) is 11.5 Å². The molecule has 1 fully saturated rings. The molecule has 1 saturated heterocycles. The number of nitrogens with zero attached hydrogens (tertiary/aromatic N) is 2. The fourth-order valence-corrected chi connectivity index (χ4v) is 4.76. The Morgan fingerprint density at radius 2 is 1.83 bits per heavy atom. The molecule has 2 aromatic rings. The van der Waals surface area contributed by atoms with Crippen LogP contribution in [0.25, 0.3) is 0 Å². The van der Waals surface area contributed by atoms with Gasteiger partial charge in [0.05, 0.1) is 4.90 Å². The van der Waals surface area contributed by atoms with E-state index in [0.29, 0.717) is 24.5 Å². The summed E-state index contributed by atoms with van der Waals surface area (Å²) in [4.78, 5) is 15.7. The van der Waals surface area contributed by atoms with Gasteiger partial charge >= 0.3 is 0 Å². The molecule has 8 nitrogen and oxygen atoms in total. The maximum Gasteiger partial charge on any atom is 0.240 e. The Hall–Kier alpha value is -2.62. The maximum absolute atomic E-state index is 12.8. The monoisotopic (exact) mass is 431 g/mol. The zero-order chi connectivity index (χ0) is 21.3. The number of anilines is 1. The first-order chi connectivity index (χ1) is 14.3.